The number of para-hydroxylation sites is 1. The summed E-state index contributed by atoms with van der Waals surface area (Å²) in [6, 6.07) is 20.9. The van der Waals surface area contributed by atoms with Crippen molar-refractivity contribution in [3.8, 4) is 5.75 Å². The fourth-order valence-corrected chi connectivity index (χ4v) is 4.95. The van der Waals surface area contributed by atoms with Gasteiger partial charge in [-0.2, -0.15) is 0 Å². The minimum atomic E-state index is -3.73. The molecule has 3 aromatic rings. The van der Waals surface area contributed by atoms with Gasteiger partial charge in [-0.1, -0.05) is 18.2 Å². The van der Waals surface area contributed by atoms with Crippen molar-refractivity contribution in [3.63, 3.8) is 0 Å². The van der Waals surface area contributed by atoms with Crippen molar-refractivity contribution in [2.75, 3.05) is 29.9 Å². The molecule has 4 rings (SSSR count). The summed E-state index contributed by atoms with van der Waals surface area (Å²) < 4.78 is 32.2. The average Bonchev–Trinajstić information content (AvgIpc) is 2.83. The molecule has 160 valence electrons. The molecule has 1 aliphatic rings. The number of carbonyl (C=O) groups is 1. The second-order valence-corrected chi connectivity index (χ2v) is 9.35. The van der Waals surface area contributed by atoms with Crippen molar-refractivity contribution in [2.45, 2.75) is 17.7 Å². The topological polar surface area (TPSA) is 66.9 Å². The van der Waals surface area contributed by atoms with Crippen LogP contribution in [0.3, 0.4) is 0 Å². The van der Waals surface area contributed by atoms with Crippen LogP contribution < -0.4 is 13.9 Å². The summed E-state index contributed by atoms with van der Waals surface area (Å²) in [5, 5.41) is 0. The van der Waals surface area contributed by atoms with Crippen LogP contribution in [0.15, 0.2) is 77.7 Å². The summed E-state index contributed by atoms with van der Waals surface area (Å²) in [4.78, 5) is 15.1. The molecule has 1 aliphatic heterocycles. The summed E-state index contributed by atoms with van der Waals surface area (Å²) >= 11 is 0. The molecule has 3 aromatic carbocycles. The van der Waals surface area contributed by atoms with Gasteiger partial charge in [0.25, 0.3) is 15.9 Å². The Morgan fingerprint density at radius 3 is 2.32 bits per heavy atom. The number of sulfonamides is 1. The number of methoxy groups -OCH3 is 1. The Morgan fingerprint density at radius 1 is 0.968 bits per heavy atom. The van der Waals surface area contributed by atoms with E-state index in [1.54, 1.807) is 41.3 Å². The number of hydrogen-bond donors (Lipinski definition) is 0. The van der Waals surface area contributed by atoms with Crippen LogP contribution in [-0.4, -0.2) is 35.0 Å². The van der Waals surface area contributed by atoms with Crippen molar-refractivity contribution in [2.24, 2.45) is 0 Å². The Morgan fingerprint density at radius 2 is 1.65 bits per heavy atom. The first-order chi connectivity index (χ1) is 14.9. The van der Waals surface area contributed by atoms with Crippen molar-refractivity contribution in [3.05, 3.63) is 83.9 Å². The van der Waals surface area contributed by atoms with E-state index in [1.807, 2.05) is 18.2 Å². The van der Waals surface area contributed by atoms with Gasteiger partial charge in [0.1, 0.15) is 5.75 Å². The van der Waals surface area contributed by atoms with Crippen molar-refractivity contribution < 1.29 is 17.9 Å². The van der Waals surface area contributed by atoms with Gasteiger partial charge in [0.2, 0.25) is 0 Å². The maximum Gasteiger partial charge on any atom is 0.264 e. The number of nitrogens with zero attached hydrogens (tertiary/aromatic N) is 2. The third-order valence-electron chi connectivity index (χ3n) is 5.55. The van der Waals surface area contributed by atoms with Crippen molar-refractivity contribution in [1.82, 2.24) is 0 Å². The standard InChI is InChI=1S/C24H24N2O4S/c1-25(31(28,29)22-15-13-21(30-2)14-16-22)20-11-9-19(10-12-20)24(27)26-17-5-7-18-6-3-4-8-23(18)26/h3-4,6,8-16H,5,7,17H2,1-2H3. The highest BCUT2D eigenvalue weighted by atomic mass is 32.2. The summed E-state index contributed by atoms with van der Waals surface area (Å²) in [7, 11) is -0.702. The minimum Gasteiger partial charge on any atom is -0.497 e. The molecule has 7 heteroatoms. The van der Waals surface area contributed by atoms with E-state index in [1.165, 1.54) is 36.2 Å². The van der Waals surface area contributed by atoms with Crippen LogP contribution >= 0.6 is 0 Å². The quantitative estimate of drug-likeness (QED) is 0.604. The van der Waals surface area contributed by atoms with Crippen LogP contribution in [0.2, 0.25) is 0 Å². The predicted molar refractivity (Wildman–Crippen MR) is 121 cm³/mol. The monoisotopic (exact) mass is 436 g/mol. The number of amides is 1. The highest BCUT2D eigenvalue weighted by Gasteiger charge is 2.25. The van der Waals surface area contributed by atoms with E-state index >= 15 is 0 Å². The van der Waals surface area contributed by atoms with Crippen LogP contribution in [0, 0.1) is 0 Å². The molecular weight excluding hydrogens is 412 g/mol. The largest absolute Gasteiger partial charge is 0.497 e. The van der Waals surface area contributed by atoms with Crippen LogP contribution in [-0.2, 0) is 16.4 Å². The number of benzene rings is 3. The van der Waals surface area contributed by atoms with Gasteiger partial charge in [-0.25, -0.2) is 8.42 Å². The van der Waals surface area contributed by atoms with E-state index in [0.717, 1.165) is 18.5 Å². The number of carbonyl (C=O) groups excluding carboxylic acids is 1. The molecule has 0 unspecified atom stereocenters. The first kappa shape index (κ1) is 20.9. The lowest BCUT2D eigenvalue weighted by Crippen LogP contribution is -2.35. The minimum absolute atomic E-state index is 0.0839. The zero-order chi connectivity index (χ0) is 22.0. The van der Waals surface area contributed by atoms with Gasteiger partial charge in [0.05, 0.1) is 17.7 Å². The molecule has 6 nitrogen and oxygen atoms in total. The maximum absolute atomic E-state index is 13.1. The van der Waals surface area contributed by atoms with Crippen LogP contribution in [0.4, 0.5) is 11.4 Å². The first-order valence-corrected chi connectivity index (χ1v) is 11.5. The number of ether oxygens (including phenoxy) is 1. The normalized spacial score (nSPS) is 13.4. The third kappa shape index (κ3) is 4.01. The zero-order valence-electron chi connectivity index (χ0n) is 17.5. The molecule has 0 aromatic heterocycles. The summed E-state index contributed by atoms with van der Waals surface area (Å²) in [6.07, 6.45) is 1.89. The van der Waals surface area contributed by atoms with E-state index in [4.69, 9.17) is 4.74 Å². The van der Waals surface area contributed by atoms with Gasteiger partial charge < -0.3 is 9.64 Å². The number of anilines is 2. The maximum atomic E-state index is 13.1. The predicted octanol–water partition coefficient (Wildman–Crippen LogP) is 4.11. The Hall–Kier alpha value is -3.32. The van der Waals surface area contributed by atoms with Crippen LogP contribution in [0.1, 0.15) is 22.3 Å². The Kier molecular flexibility index (Phi) is 5.69. The van der Waals surface area contributed by atoms with E-state index in [9.17, 15) is 13.2 Å². The Labute approximate surface area is 182 Å². The number of fused-ring (bicyclic) bond motifs is 1. The number of aryl methyl sites for hydroxylation is 1. The SMILES string of the molecule is COc1ccc(S(=O)(=O)N(C)c2ccc(C(=O)N3CCCc4ccccc43)cc2)cc1. The Bertz CT molecular complexity index is 1190. The molecule has 0 bridgehead atoms. The molecule has 0 aliphatic carbocycles. The first-order valence-electron chi connectivity index (χ1n) is 10.0. The molecule has 0 fully saturated rings. The summed E-state index contributed by atoms with van der Waals surface area (Å²) in [5.41, 5.74) is 3.12. The highest BCUT2D eigenvalue weighted by Crippen LogP contribution is 2.29. The lowest BCUT2D eigenvalue weighted by atomic mass is 10.0. The molecule has 1 amide bonds. The molecule has 0 atom stereocenters. The zero-order valence-corrected chi connectivity index (χ0v) is 18.3. The molecular formula is C24H24N2O4S. The average molecular weight is 437 g/mol. The Balaban J connectivity index is 1.56. The van der Waals surface area contributed by atoms with E-state index in [0.29, 0.717) is 23.5 Å². The van der Waals surface area contributed by atoms with E-state index in [2.05, 4.69) is 6.07 Å². The molecule has 0 saturated carbocycles. The van der Waals surface area contributed by atoms with Gasteiger partial charge in [-0.05, 0) is 73.0 Å². The van der Waals surface area contributed by atoms with Crippen LogP contribution in [0.5, 0.6) is 5.75 Å². The molecule has 31 heavy (non-hydrogen) atoms. The highest BCUT2D eigenvalue weighted by molar-refractivity contribution is 7.92. The van der Waals surface area contributed by atoms with E-state index in [-0.39, 0.29) is 10.8 Å². The van der Waals surface area contributed by atoms with Gasteiger partial charge in [0, 0.05) is 24.8 Å². The van der Waals surface area contributed by atoms with Crippen LogP contribution in [0.25, 0.3) is 0 Å². The van der Waals surface area contributed by atoms with Gasteiger partial charge in [0.15, 0.2) is 0 Å². The smallest absolute Gasteiger partial charge is 0.264 e. The fourth-order valence-electron chi connectivity index (χ4n) is 3.76. The van der Waals surface area contributed by atoms with E-state index < -0.39 is 10.0 Å². The van der Waals surface area contributed by atoms with Gasteiger partial charge >= 0.3 is 0 Å². The lowest BCUT2D eigenvalue weighted by molar-refractivity contribution is 0.0985. The second-order valence-electron chi connectivity index (χ2n) is 7.38. The molecule has 1 heterocycles. The number of hydrogen-bond acceptors (Lipinski definition) is 4. The van der Waals surface area contributed by atoms with Crippen molar-refractivity contribution in [1.29, 1.82) is 0 Å². The van der Waals surface area contributed by atoms with Gasteiger partial charge in [-0.3, -0.25) is 9.10 Å². The van der Waals surface area contributed by atoms with Gasteiger partial charge in [-0.15, -0.1) is 0 Å². The second kappa shape index (κ2) is 8.43. The molecule has 0 radical (unpaired) electrons. The van der Waals surface area contributed by atoms with Crippen molar-refractivity contribution >= 4 is 27.3 Å². The summed E-state index contributed by atoms with van der Waals surface area (Å²) in [6.45, 7) is 0.670. The fraction of sp³-hybridized carbons (Fsp3) is 0.208. The lowest BCUT2D eigenvalue weighted by Gasteiger charge is -2.29. The molecule has 0 N–H and O–H groups in total. The number of rotatable bonds is 5. The molecule has 0 saturated heterocycles. The molecule has 0 spiro atoms. The third-order valence-corrected chi connectivity index (χ3v) is 7.35. The summed E-state index contributed by atoms with van der Waals surface area (Å²) in [5.74, 6) is 0.503.